The second-order valence-corrected chi connectivity index (χ2v) is 5.76. The Kier molecular flexibility index (Phi) is 3.62. The van der Waals surface area contributed by atoms with Crippen molar-refractivity contribution in [3.63, 3.8) is 0 Å². The fraction of sp³-hybridized carbons (Fsp3) is 0.375. The predicted molar refractivity (Wildman–Crippen MR) is 81.0 cm³/mol. The van der Waals surface area contributed by atoms with Gasteiger partial charge in [0, 0.05) is 11.4 Å². The lowest BCUT2D eigenvalue weighted by molar-refractivity contribution is 0.0950. The van der Waals surface area contributed by atoms with Crippen molar-refractivity contribution in [3.8, 4) is 0 Å². The summed E-state index contributed by atoms with van der Waals surface area (Å²) in [6, 6.07) is 9.56. The lowest BCUT2D eigenvalue weighted by Crippen LogP contribution is -2.27. The number of para-hydroxylation sites is 1. The van der Waals surface area contributed by atoms with Crippen LogP contribution in [0.3, 0.4) is 0 Å². The molecule has 2 unspecified atom stereocenters. The summed E-state index contributed by atoms with van der Waals surface area (Å²) in [5.74, 6) is 0.599. The lowest BCUT2D eigenvalue weighted by atomic mass is 10.1. The van der Waals surface area contributed by atoms with Crippen LogP contribution >= 0.6 is 11.6 Å². The largest absolute Gasteiger partial charge is 0.349 e. The number of carbonyl (C=O) groups is 1. The van der Waals surface area contributed by atoms with E-state index in [0.717, 1.165) is 17.3 Å². The van der Waals surface area contributed by atoms with Crippen molar-refractivity contribution in [2.75, 3.05) is 0 Å². The SMILES string of the molecule is CCCC1CC1NC(=O)c1cc(Cl)nc2ccccc12. The summed E-state index contributed by atoms with van der Waals surface area (Å²) in [5.41, 5.74) is 1.37. The lowest BCUT2D eigenvalue weighted by Gasteiger charge is -2.08. The average Bonchev–Trinajstić information content (AvgIpc) is 3.16. The number of carbonyl (C=O) groups excluding carboxylic acids is 1. The summed E-state index contributed by atoms with van der Waals surface area (Å²) in [5, 5.41) is 4.30. The highest BCUT2D eigenvalue weighted by Crippen LogP contribution is 2.35. The van der Waals surface area contributed by atoms with Gasteiger partial charge in [0.25, 0.3) is 5.91 Å². The molecule has 0 radical (unpaired) electrons. The Morgan fingerprint density at radius 2 is 2.25 bits per heavy atom. The molecule has 2 atom stereocenters. The predicted octanol–water partition coefficient (Wildman–Crippen LogP) is 3.81. The number of rotatable bonds is 4. The van der Waals surface area contributed by atoms with Gasteiger partial charge in [-0.05, 0) is 30.9 Å². The van der Waals surface area contributed by atoms with Crippen molar-refractivity contribution < 1.29 is 4.79 Å². The Morgan fingerprint density at radius 3 is 3.05 bits per heavy atom. The smallest absolute Gasteiger partial charge is 0.252 e. The maximum absolute atomic E-state index is 12.4. The van der Waals surface area contributed by atoms with Gasteiger partial charge in [-0.25, -0.2) is 4.98 Å². The quantitative estimate of drug-likeness (QED) is 0.869. The Labute approximate surface area is 123 Å². The van der Waals surface area contributed by atoms with E-state index in [4.69, 9.17) is 11.6 Å². The fourth-order valence-corrected chi connectivity index (χ4v) is 2.89. The third-order valence-corrected chi connectivity index (χ3v) is 4.02. The molecule has 1 aromatic heterocycles. The maximum Gasteiger partial charge on any atom is 0.252 e. The van der Waals surface area contributed by atoms with Gasteiger partial charge >= 0.3 is 0 Å². The first-order valence-electron chi connectivity index (χ1n) is 7.05. The summed E-state index contributed by atoms with van der Waals surface area (Å²) in [7, 11) is 0. The number of benzene rings is 1. The summed E-state index contributed by atoms with van der Waals surface area (Å²) in [4.78, 5) is 16.7. The number of pyridine rings is 1. The maximum atomic E-state index is 12.4. The molecule has 1 aromatic carbocycles. The van der Waals surface area contributed by atoms with Gasteiger partial charge in [-0.15, -0.1) is 0 Å². The van der Waals surface area contributed by atoms with E-state index in [1.54, 1.807) is 6.07 Å². The van der Waals surface area contributed by atoms with E-state index < -0.39 is 0 Å². The van der Waals surface area contributed by atoms with E-state index in [9.17, 15) is 4.79 Å². The molecule has 0 spiro atoms. The van der Waals surface area contributed by atoms with Crippen LogP contribution in [-0.2, 0) is 0 Å². The Balaban J connectivity index is 1.84. The van der Waals surface area contributed by atoms with Gasteiger partial charge in [0.05, 0.1) is 11.1 Å². The van der Waals surface area contributed by atoms with E-state index in [1.165, 1.54) is 12.8 Å². The number of aromatic nitrogens is 1. The van der Waals surface area contributed by atoms with E-state index >= 15 is 0 Å². The van der Waals surface area contributed by atoms with Crippen molar-refractivity contribution >= 4 is 28.4 Å². The third kappa shape index (κ3) is 2.63. The molecule has 1 N–H and O–H groups in total. The molecule has 0 bridgehead atoms. The first-order chi connectivity index (χ1) is 9.69. The average molecular weight is 289 g/mol. The molecule has 1 amide bonds. The van der Waals surface area contributed by atoms with Crippen LogP contribution in [0.15, 0.2) is 30.3 Å². The molecule has 1 aliphatic rings. The van der Waals surface area contributed by atoms with Gasteiger partial charge in [-0.2, -0.15) is 0 Å². The second kappa shape index (κ2) is 5.41. The van der Waals surface area contributed by atoms with Crippen LogP contribution in [0.4, 0.5) is 0 Å². The Morgan fingerprint density at radius 1 is 1.45 bits per heavy atom. The first-order valence-corrected chi connectivity index (χ1v) is 7.43. The van der Waals surface area contributed by atoms with Crippen molar-refractivity contribution in [2.24, 2.45) is 5.92 Å². The summed E-state index contributed by atoms with van der Waals surface area (Å²) < 4.78 is 0. The molecule has 2 aromatic rings. The normalized spacial score (nSPS) is 20.9. The van der Waals surface area contributed by atoms with Crippen LogP contribution in [0.2, 0.25) is 5.15 Å². The minimum absolute atomic E-state index is 0.0471. The Hall–Kier alpha value is -1.61. The molecular weight excluding hydrogens is 272 g/mol. The number of hydrogen-bond acceptors (Lipinski definition) is 2. The molecule has 1 aliphatic carbocycles. The third-order valence-electron chi connectivity index (χ3n) is 3.83. The first kappa shape index (κ1) is 13.4. The molecule has 4 heteroatoms. The highest BCUT2D eigenvalue weighted by Gasteiger charge is 2.37. The number of hydrogen-bond donors (Lipinski definition) is 1. The second-order valence-electron chi connectivity index (χ2n) is 5.37. The zero-order valence-corrected chi connectivity index (χ0v) is 12.2. The molecule has 0 aliphatic heterocycles. The van der Waals surface area contributed by atoms with Crippen LogP contribution < -0.4 is 5.32 Å². The summed E-state index contributed by atoms with van der Waals surface area (Å²) in [6.45, 7) is 2.17. The molecule has 3 rings (SSSR count). The van der Waals surface area contributed by atoms with Gasteiger partial charge in [0.1, 0.15) is 5.15 Å². The van der Waals surface area contributed by atoms with Gasteiger partial charge in [0.15, 0.2) is 0 Å². The van der Waals surface area contributed by atoms with Crippen LogP contribution in [0, 0.1) is 5.92 Å². The molecule has 20 heavy (non-hydrogen) atoms. The standard InChI is InChI=1S/C16H17ClN2O/c1-2-5-10-8-14(10)19-16(20)12-9-15(17)18-13-7-4-3-6-11(12)13/h3-4,6-7,9-10,14H,2,5,8H2,1H3,(H,19,20). The number of nitrogens with one attached hydrogen (secondary N) is 1. The van der Waals surface area contributed by atoms with Crippen molar-refractivity contribution in [3.05, 3.63) is 41.0 Å². The number of amides is 1. The van der Waals surface area contributed by atoms with Crippen LogP contribution in [0.25, 0.3) is 10.9 Å². The van der Waals surface area contributed by atoms with Crippen LogP contribution in [0.1, 0.15) is 36.5 Å². The van der Waals surface area contributed by atoms with E-state index in [-0.39, 0.29) is 5.91 Å². The number of fused-ring (bicyclic) bond motifs is 1. The van der Waals surface area contributed by atoms with E-state index in [2.05, 4.69) is 17.2 Å². The number of nitrogens with zero attached hydrogens (tertiary/aromatic N) is 1. The van der Waals surface area contributed by atoms with Gasteiger partial charge < -0.3 is 5.32 Å². The summed E-state index contributed by atoms with van der Waals surface area (Å²) >= 11 is 6.01. The zero-order chi connectivity index (χ0) is 14.1. The molecule has 1 fully saturated rings. The van der Waals surface area contributed by atoms with Crippen LogP contribution in [0.5, 0.6) is 0 Å². The Bertz CT molecular complexity index is 656. The molecule has 1 heterocycles. The van der Waals surface area contributed by atoms with Crippen molar-refractivity contribution in [2.45, 2.75) is 32.2 Å². The number of halogens is 1. The topological polar surface area (TPSA) is 42.0 Å². The van der Waals surface area contributed by atoms with E-state index in [0.29, 0.717) is 22.7 Å². The molecular formula is C16H17ClN2O. The summed E-state index contributed by atoms with van der Waals surface area (Å²) in [6.07, 6.45) is 3.44. The monoisotopic (exact) mass is 288 g/mol. The van der Waals surface area contributed by atoms with E-state index in [1.807, 2.05) is 24.3 Å². The molecule has 1 saturated carbocycles. The van der Waals surface area contributed by atoms with Crippen molar-refractivity contribution in [1.82, 2.24) is 10.3 Å². The zero-order valence-electron chi connectivity index (χ0n) is 11.4. The van der Waals surface area contributed by atoms with Crippen molar-refractivity contribution in [1.29, 1.82) is 0 Å². The minimum atomic E-state index is -0.0471. The molecule has 0 saturated heterocycles. The van der Waals surface area contributed by atoms with Gasteiger partial charge in [0.2, 0.25) is 0 Å². The molecule has 3 nitrogen and oxygen atoms in total. The fourth-order valence-electron chi connectivity index (χ4n) is 2.69. The van der Waals surface area contributed by atoms with Gasteiger partial charge in [-0.3, -0.25) is 4.79 Å². The highest BCUT2D eigenvalue weighted by atomic mass is 35.5. The molecule has 104 valence electrons. The van der Waals surface area contributed by atoms with Gasteiger partial charge in [-0.1, -0.05) is 43.1 Å². The highest BCUT2D eigenvalue weighted by molar-refractivity contribution is 6.30. The minimum Gasteiger partial charge on any atom is -0.349 e. The van der Waals surface area contributed by atoms with Crippen LogP contribution in [-0.4, -0.2) is 16.9 Å².